The molecule has 0 heterocycles. The quantitative estimate of drug-likeness (QED) is 0.319. The minimum absolute atomic E-state index is 0.0368. The molecule has 5 nitrogen and oxygen atoms in total. The third kappa shape index (κ3) is 9.61. The molecule has 0 aromatic carbocycles. The Labute approximate surface area is 96.1 Å². The van der Waals surface area contributed by atoms with E-state index in [-0.39, 0.29) is 18.8 Å². The second-order valence-corrected chi connectivity index (χ2v) is 3.12. The monoisotopic (exact) mass is 232 g/mol. The van der Waals surface area contributed by atoms with Crippen LogP contribution in [0.1, 0.15) is 26.7 Å². The van der Waals surface area contributed by atoms with Gasteiger partial charge in [0.1, 0.15) is 13.0 Å². The summed E-state index contributed by atoms with van der Waals surface area (Å²) < 4.78 is 14.8. The van der Waals surface area contributed by atoms with Gasteiger partial charge in [-0.3, -0.25) is 9.59 Å². The Balaban J connectivity index is 3.33. The summed E-state index contributed by atoms with van der Waals surface area (Å²) in [5, 5.41) is 0. The largest absolute Gasteiger partial charge is 0.466 e. The second kappa shape index (κ2) is 10.6. The number of hydrogen-bond donors (Lipinski definition) is 0. The summed E-state index contributed by atoms with van der Waals surface area (Å²) in [6, 6.07) is 0. The first-order chi connectivity index (χ1) is 7.70. The van der Waals surface area contributed by atoms with Gasteiger partial charge in [-0.2, -0.15) is 0 Å². The van der Waals surface area contributed by atoms with E-state index in [0.29, 0.717) is 26.4 Å². The highest BCUT2D eigenvalue weighted by Gasteiger charge is 2.09. The van der Waals surface area contributed by atoms with Crippen LogP contribution in [0.3, 0.4) is 0 Å². The van der Waals surface area contributed by atoms with Crippen LogP contribution < -0.4 is 0 Å². The molecule has 16 heavy (non-hydrogen) atoms. The molecule has 0 spiro atoms. The minimum atomic E-state index is -0.495. The highest BCUT2D eigenvalue weighted by molar-refractivity contribution is 5.96. The zero-order chi connectivity index (χ0) is 12.2. The first-order valence-corrected chi connectivity index (χ1v) is 5.53. The minimum Gasteiger partial charge on any atom is -0.466 e. The van der Waals surface area contributed by atoms with Crippen molar-refractivity contribution >= 4 is 11.8 Å². The Kier molecular flexibility index (Phi) is 9.95. The lowest BCUT2D eigenvalue weighted by Crippen LogP contribution is -2.16. The van der Waals surface area contributed by atoms with Crippen LogP contribution in [0.2, 0.25) is 0 Å². The number of esters is 1. The summed E-state index contributed by atoms with van der Waals surface area (Å²) in [7, 11) is 0. The van der Waals surface area contributed by atoms with Gasteiger partial charge < -0.3 is 14.2 Å². The fourth-order valence-corrected chi connectivity index (χ4v) is 1.02. The summed E-state index contributed by atoms with van der Waals surface area (Å²) in [6.45, 7) is 5.65. The molecule has 0 amide bonds. The van der Waals surface area contributed by atoms with Crippen LogP contribution in [-0.2, 0) is 23.8 Å². The topological polar surface area (TPSA) is 61.8 Å². The van der Waals surface area contributed by atoms with E-state index >= 15 is 0 Å². The first kappa shape index (κ1) is 15.1. The molecule has 0 saturated heterocycles. The predicted octanol–water partition coefficient (Wildman–Crippen LogP) is 0.952. The molecule has 0 aliphatic carbocycles. The van der Waals surface area contributed by atoms with E-state index < -0.39 is 5.97 Å². The molecule has 0 aromatic heterocycles. The number of carbonyl (C=O) groups is 2. The van der Waals surface area contributed by atoms with Crippen molar-refractivity contribution in [1.29, 1.82) is 0 Å². The van der Waals surface area contributed by atoms with Crippen molar-refractivity contribution in [1.82, 2.24) is 0 Å². The standard InChI is InChI=1S/C11H20O5/c1-3-14-6-5-7-15-9-10(12)8-11(13)16-4-2/h3-9H2,1-2H3. The molecule has 0 rings (SSSR count). The summed E-state index contributed by atoms with van der Waals surface area (Å²) in [4.78, 5) is 22.1. The third-order valence-electron chi connectivity index (χ3n) is 1.69. The molecule has 0 aliphatic heterocycles. The number of carbonyl (C=O) groups excluding carboxylic acids is 2. The maximum absolute atomic E-state index is 11.2. The summed E-state index contributed by atoms with van der Waals surface area (Å²) in [5.41, 5.74) is 0. The van der Waals surface area contributed by atoms with Crippen LogP contribution in [0.15, 0.2) is 0 Å². The van der Waals surface area contributed by atoms with Crippen LogP contribution >= 0.6 is 0 Å². The first-order valence-electron chi connectivity index (χ1n) is 5.53. The molecule has 0 radical (unpaired) electrons. The van der Waals surface area contributed by atoms with Crippen LogP contribution in [0.4, 0.5) is 0 Å². The van der Waals surface area contributed by atoms with Gasteiger partial charge in [0.2, 0.25) is 0 Å². The van der Waals surface area contributed by atoms with Crippen molar-refractivity contribution in [3.63, 3.8) is 0 Å². The SMILES string of the molecule is CCOCCCOCC(=O)CC(=O)OCC. The van der Waals surface area contributed by atoms with E-state index in [1.165, 1.54) is 0 Å². The maximum atomic E-state index is 11.2. The molecule has 5 heteroatoms. The van der Waals surface area contributed by atoms with E-state index in [0.717, 1.165) is 6.42 Å². The lowest BCUT2D eigenvalue weighted by Gasteiger charge is -2.04. The van der Waals surface area contributed by atoms with Gasteiger partial charge in [0.15, 0.2) is 5.78 Å². The molecular formula is C11H20O5. The Morgan fingerprint density at radius 3 is 2.31 bits per heavy atom. The Bertz CT molecular complexity index is 203. The van der Waals surface area contributed by atoms with Crippen molar-refractivity contribution < 1.29 is 23.8 Å². The van der Waals surface area contributed by atoms with Gasteiger partial charge in [0.25, 0.3) is 0 Å². The number of rotatable bonds is 10. The lowest BCUT2D eigenvalue weighted by atomic mass is 10.3. The van der Waals surface area contributed by atoms with Gasteiger partial charge in [0.05, 0.1) is 6.61 Å². The van der Waals surface area contributed by atoms with Gasteiger partial charge in [-0.05, 0) is 20.3 Å². The van der Waals surface area contributed by atoms with E-state index in [4.69, 9.17) is 9.47 Å². The van der Waals surface area contributed by atoms with Crippen molar-refractivity contribution in [3.05, 3.63) is 0 Å². The van der Waals surface area contributed by atoms with Gasteiger partial charge >= 0.3 is 5.97 Å². The van der Waals surface area contributed by atoms with Crippen LogP contribution in [0.25, 0.3) is 0 Å². The van der Waals surface area contributed by atoms with Crippen molar-refractivity contribution in [3.8, 4) is 0 Å². The van der Waals surface area contributed by atoms with Crippen LogP contribution in [0.5, 0.6) is 0 Å². The fourth-order valence-electron chi connectivity index (χ4n) is 1.02. The Morgan fingerprint density at radius 2 is 1.69 bits per heavy atom. The zero-order valence-electron chi connectivity index (χ0n) is 9.99. The second-order valence-electron chi connectivity index (χ2n) is 3.12. The van der Waals surface area contributed by atoms with Crippen LogP contribution in [0, 0.1) is 0 Å². The molecule has 0 bridgehead atoms. The number of ketones is 1. The maximum Gasteiger partial charge on any atom is 0.313 e. The molecule has 0 fully saturated rings. The van der Waals surface area contributed by atoms with Crippen LogP contribution in [-0.4, -0.2) is 44.8 Å². The molecule has 0 atom stereocenters. The zero-order valence-corrected chi connectivity index (χ0v) is 9.99. The van der Waals surface area contributed by atoms with Gasteiger partial charge in [-0.1, -0.05) is 0 Å². The molecule has 0 N–H and O–H groups in total. The fraction of sp³-hybridized carbons (Fsp3) is 0.818. The highest BCUT2D eigenvalue weighted by atomic mass is 16.5. The molecule has 0 aliphatic rings. The van der Waals surface area contributed by atoms with E-state index in [9.17, 15) is 9.59 Å². The summed E-state index contributed by atoms with van der Waals surface area (Å²) >= 11 is 0. The van der Waals surface area contributed by atoms with Crippen molar-refractivity contribution in [2.24, 2.45) is 0 Å². The Hall–Kier alpha value is -0.940. The highest BCUT2D eigenvalue weighted by Crippen LogP contribution is 1.91. The van der Waals surface area contributed by atoms with Gasteiger partial charge in [-0.15, -0.1) is 0 Å². The lowest BCUT2D eigenvalue weighted by molar-refractivity contribution is -0.146. The summed E-state index contributed by atoms with van der Waals surface area (Å²) in [6.07, 6.45) is 0.541. The molecule has 94 valence electrons. The average Bonchev–Trinajstić information content (AvgIpc) is 2.23. The number of ether oxygens (including phenoxy) is 3. The molecule has 0 saturated carbocycles. The van der Waals surface area contributed by atoms with Crippen molar-refractivity contribution in [2.75, 3.05) is 33.0 Å². The molecule has 0 aromatic rings. The van der Waals surface area contributed by atoms with Gasteiger partial charge in [-0.25, -0.2) is 0 Å². The van der Waals surface area contributed by atoms with E-state index in [1.54, 1.807) is 6.92 Å². The predicted molar refractivity (Wildman–Crippen MR) is 58.2 cm³/mol. The third-order valence-corrected chi connectivity index (χ3v) is 1.69. The van der Waals surface area contributed by atoms with Gasteiger partial charge in [0, 0.05) is 19.8 Å². The normalized spacial score (nSPS) is 10.1. The molecule has 0 unspecified atom stereocenters. The number of Topliss-reactive ketones (excluding diaryl/α,β-unsaturated/α-hetero) is 1. The average molecular weight is 232 g/mol. The Morgan fingerprint density at radius 1 is 1.00 bits per heavy atom. The van der Waals surface area contributed by atoms with Crippen molar-refractivity contribution in [2.45, 2.75) is 26.7 Å². The van der Waals surface area contributed by atoms with E-state index in [1.807, 2.05) is 6.92 Å². The number of hydrogen-bond acceptors (Lipinski definition) is 5. The smallest absolute Gasteiger partial charge is 0.313 e. The van der Waals surface area contributed by atoms with E-state index in [2.05, 4.69) is 4.74 Å². The molecular weight excluding hydrogens is 212 g/mol. The summed E-state index contributed by atoms with van der Waals surface area (Å²) in [5.74, 6) is -0.750.